The molecule has 0 unspecified atom stereocenters. The van der Waals surface area contributed by atoms with E-state index in [9.17, 15) is 0 Å². The van der Waals surface area contributed by atoms with Crippen LogP contribution in [0.4, 0.5) is 11.4 Å². The summed E-state index contributed by atoms with van der Waals surface area (Å²) in [5.74, 6) is 0. The van der Waals surface area contributed by atoms with E-state index in [0.29, 0.717) is 0 Å². The Morgan fingerprint density at radius 2 is 1.20 bits per heavy atom. The fourth-order valence-corrected chi connectivity index (χ4v) is 4.56. The number of hydrogen-bond acceptors (Lipinski definition) is 1. The van der Waals surface area contributed by atoms with Crippen molar-refractivity contribution in [1.82, 2.24) is 0 Å². The number of para-hydroxylation sites is 2. The Morgan fingerprint density at radius 1 is 0.567 bits per heavy atom. The van der Waals surface area contributed by atoms with Crippen LogP contribution in [-0.2, 0) is 12.8 Å². The standard InChI is InChI=1S/C29H27N/c1-30(27-11-3-2-4-12-27)29-14-8-7-13-28(29)24-18-15-23(16-19-24)26-20-17-22-9-5-6-10-25(22)21-26/h2-4,7-8,11-21H,5-6,9-10H2,1H3. The Hall–Kier alpha value is -3.32. The molecular formula is C29H27N. The Labute approximate surface area is 179 Å². The van der Waals surface area contributed by atoms with Crippen LogP contribution in [0.2, 0.25) is 0 Å². The number of benzene rings is 4. The number of rotatable bonds is 4. The van der Waals surface area contributed by atoms with Crippen LogP contribution >= 0.6 is 0 Å². The molecule has 30 heavy (non-hydrogen) atoms. The second-order valence-electron chi connectivity index (χ2n) is 8.18. The third kappa shape index (κ3) is 3.64. The molecule has 4 aromatic rings. The third-order valence-electron chi connectivity index (χ3n) is 6.29. The van der Waals surface area contributed by atoms with Gasteiger partial charge >= 0.3 is 0 Å². The van der Waals surface area contributed by atoms with Crippen LogP contribution in [0.5, 0.6) is 0 Å². The highest BCUT2D eigenvalue weighted by molar-refractivity contribution is 5.83. The predicted octanol–water partition coefficient (Wildman–Crippen LogP) is 7.67. The smallest absolute Gasteiger partial charge is 0.0487 e. The number of anilines is 2. The van der Waals surface area contributed by atoms with Crippen molar-refractivity contribution < 1.29 is 0 Å². The lowest BCUT2D eigenvalue weighted by molar-refractivity contribution is 0.686. The lowest BCUT2D eigenvalue weighted by Gasteiger charge is -2.23. The zero-order valence-electron chi connectivity index (χ0n) is 17.5. The van der Waals surface area contributed by atoms with E-state index >= 15 is 0 Å². The van der Waals surface area contributed by atoms with Crippen LogP contribution in [0.3, 0.4) is 0 Å². The first-order valence-corrected chi connectivity index (χ1v) is 10.9. The number of aryl methyl sites for hydroxylation is 2. The first-order valence-electron chi connectivity index (χ1n) is 10.9. The van der Waals surface area contributed by atoms with Crippen molar-refractivity contribution in [1.29, 1.82) is 0 Å². The van der Waals surface area contributed by atoms with Gasteiger partial charge in [0.25, 0.3) is 0 Å². The largest absolute Gasteiger partial charge is 0.344 e. The van der Waals surface area contributed by atoms with Gasteiger partial charge in [-0.3, -0.25) is 0 Å². The molecule has 0 aromatic heterocycles. The molecule has 0 radical (unpaired) electrons. The molecule has 4 aromatic carbocycles. The van der Waals surface area contributed by atoms with Crippen LogP contribution in [0.1, 0.15) is 24.0 Å². The van der Waals surface area contributed by atoms with Crippen LogP contribution < -0.4 is 4.90 Å². The van der Waals surface area contributed by atoms with Gasteiger partial charge < -0.3 is 4.90 Å². The SMILES string of the molecule is CN(c1ccccc1)c1ccccc1-c1ccc(-c2ccc3c(c2)CCCC3)cc1. The fraction of sp³-hybridized carbons (Fsp3) is 0.172. The van der Waals surface area contributed by atoms with Gasteiger partial charge in [-0.2, -0.15) is 0 Å². The van der Waals surface area contributed by atoms with E-state index in [1.165, 1.54) is 64.9 Å². The highest BCUT2D eigenvalue weighted by Gasteiger charge is 2.12. The van der Waals surface area contributed by atoms with E-state index in [2.05, 4.69) is 109 Å². The Kier molecular flexibility index (Phi) is 5.11. The topological polar surface area (TPSA) is 3.24 Å². The van der Waals surface area contributed by atoms with Gasteiger partial charge in [-0.25, -0.2) is 0 Å². The number of nitrogens with zero attached hydrogens (tertiary/aromatic N) is 1. The van der Waals surface area contributed by atoms with Crippen molar-refractivity contribution in [3.8, 4) is 22.3 Å². The molecule has 0 spiro atoms. The molecule has 0 saturated heterocycles. The zero-order chi connectivity index (χ0) is 20.3. The third-order valence-corrected chi connectivity index (χ3v) is 6.29. The molecule has 0 heterocycles. The molecule has 0 saturated carbocycles. The van der Waals surface area contributed by atoms with Crippen molar-refractivity contribution >= 4 is 11.4 Å². The summed E-state index contributed by atoms with van der Waals surface area (Å²) in [6.07, 6.45) is 5.11. The molecule has 0 atom stereocenters. The lowest BCUT2D eigenvalue weighted by Crippen LogP contribution is -2.10. The van der Waals surface area contributed by atoms with Crippen molar-refractivity contribution in [2.75, 3.05) is 11.9 Å². The molecular weight excluding hydrogens is 362 g/mol. The molecule has 148 valence electrons. The average Bonchev–Trinajstić information content (AvgIpc) is 2.84. The zero-order valence-corrected chi connectivity index (χ0v) is 17.5. The van der Waals surface area contributed by atoms with Crippen molar-refractivity contribution in [2.45, 2.75) is 25.7 Å². The average molecular weight is 390 g/mol. The second kappa shape index (κ2) is 8.20. The summed E-state index contributed by atoms with van der Waals surface area (Å²) >= 11 is 0. The number of fused-ring (bicyclic) bond motifs is 1. The molecule has 0 aliphatic heterocycles. The van der Waals surface area contributed by atoms with E-state index in [1.807, 2.05) is 0 Å². The van der Waals surface area contributed by atoms with Crippen LogP contribution in [-0.4, -0.2) is 7.05 Å². The summed E-state index contributed by atoms with van der Waals surface area (Å²) in [6, 6.07) is 35.2. The summed E-state index contributed by atoms with van der Waals surface area (Å²) in [4.78, 5) is 2.26. The lowest BCUT2D eigenvalue weighted by atomic mass is 9.89. The minimum Gasteiger partial charge on any atom is -0.344 e. The summed E-state index contributed by atoms with van der Waals surface area (Å²) < 4.78 is 0. The Bertz CT molecular complexity index is 1140. The maximum atomic E-state index is 2.40. The van der Waals surface area contributed by atoms with Gasteiger partial charge in [0.1, 0.15) is 0 Å². The maximum absolute atomic E-state index is 2.40. The highest BCUT2D eigenvalue weighted by atomic mass is 15.1. The second-order valence-corrected chi connectivity index (χ2v) is 8.18. The summed E-state index contributed by atoms with van der Waals surface area (Å²) in [6.45, 7) is 0. The van der Waals surface area contributed by atoms with Gasteiger partial charge in [0, 0.05) is 24.0 Å². The fourth-order valence-electron chi connectivity index (χ4n) is 4.56. The van der Waals surface area contributed by atoms with Crippen LogP contribution in [0, 0.1) is 0 Å². The van der Waals surface area contributed by atoms with E-state index in [0.717, 1.165) is 0 Å². The molecule has 1 aliphatic carbocycles. The first kappa shape index (κ1) is 18.7. The van der Waals surface area contributed by atoms with Gasteiger partial charge in [0.15, 0.2) is 0 Å². The molecule has 0 N–H and O–H groups in total. The molecule has 1 heteroatoms. The summed E-state index contributed by atoms with van der Waals surface area (Å²) in [5.41, 5.74) is 10.6. The van der Waals surface area contributed by atoms with E-state index in [1.54, 1.807) is 5.56 Å². The van der Waals surface area contributed by atoms with Gasteiger partial charge in [0.2, 0.25) is 0 Å². The van der Waals surface area contributed by atoms with Crippen molar-refractivity contribution in [3.05, 3.63) is 108 Å². The molecule has 1 nitrogen and oxygen atoms in total. The van der Waals surface area contributed by atoms with E-state index in [-0.39, 0.29) is 0 Å². The monoisotopic (exact) mass is 389 g/mol. The highest BCUT2D eigenvalue weighted by Crippen LogP contribution is 2.35. The molecule has 1 aliphatic rings. The molecule has 0 fully saturated rings. The van der Waals surface area contributed by atoms with Gasteiger partial charge in [-0.1, -0.05) is 78.9 Å². The molecule has 5 rings (SSSR count). The van der Waals surface area contributed by atoms with Gasteiger partial charge in [-0.15, -0.1) is 0 Å². The number of hydrogen-bond donors (Lipinski definition) is 0. The first-order chi connectivity index (χ1) is 14.8. The normalized spacial score (nSPS) is 13.0. The Balaban J connectivity index is 1.47. The van der Waals surface area contributed by atoms with Crippen LogP contribution in [0.25, 0.3) is 22.3 Å². The maximum Gasteiger partial charge on any atom is 0.0487 e. The van der Waals surface area contributed by atoms with Gasteiger partial charge in [-0.05, 0) is 71.7 Å². The van der Waals surface area contributed by atoms with Crippen molar-refractivity contribution in [2.24, 2.45) is 0 Å². The predicted molar refractivity (Wildman–Crippen MR) is 128 cm³/mol. The molecule has 0 bridgehead atoms. The van der Waals surface area contributed by atoms with Gasteiger partial charge in [0.05, 0.1) is 0 Å². The van der Waals surface area contributed by atoms with Crippen LogP contribution in [0.15, 0.2) is 97.1 Å². The molecule has 0 amide bonds. The van der Waals surface area contributed by atoms with E-state index in [4.69, 9.17) is 0 Å². The minimum atomic E-state index is 1.19. The van der Waals surface area contributed by atoms with E-state index < -0.39 is 0 Å². The summed E-state index contributed by atoms with van der Waals surface area (Å²) in [7, 11) is 2.13. The summed E-state index contributed by atoms with van der Waals surface area (Å²) in [5, 5.41) is 0. The Morgan fingerprint density at radius 3 is 2.00 bits per heavy atom. The minimum absolute atomic E-state index is 1.19. The quantitative estimate of drug-likeness (QED) is 0.346. The van der Waals surface area contributed by atoms with Crippen molar-refractivity contribution in [3.63, 3.8) is 0 Å².